The third-order valence-electron chi connectivity index (χ3n) is 6.18. The predicted octanol–water partition coefficient (Wildman–Crippen LogP) is 4.91. The van der Waals surface area contributed by atoms with Gasteiger partial charge in [0.2, 0.25) is 5.91 Å². The molecule has 9 heteroatoms. The second-order valence-electron chi connectivity index (χ2n) is 9.03. The molecule has 1 amide bonds. The number of nitrogens with one attached hydrogen (secondary N) is 1. The molecule has 1 aliphatic carbocycles. The van der Waals surface area contributed by atoms with Crippen molar-refractivity contribution in [3.8, 4) is 11.5 Å². The maximum atomic E-state index is 13.3. The standard InChI is InChI=1S/C28H29N3O5S/c1-18-25(27(33)35-14-13-34-2)26(19-7-6-10-23(15-19)36-22-8-4-3-5-9-22)31-21(17-37-28(31)29-18)16-24(32)30-20-11-12-20/h3-10,15,17,20,26H,11-14,16H2,1-2H3,(H,30,32)/t26-/m1/s1. The molecule has 0 spiro atoms. The van der Waals surface area contributed by atoms with E-state index in [1.165, 1.54) is 11.8 Å². The van der Waals surface area contributed by atoms with Gasteiger partial charge in [-0.1, -0.05) is 42.1 Å². The van der Waals surface area contributed by atoms with E-state index in [-0.39, 0.29) is 25.0 Å². The number of rotatable bonds is 10. The molecule has 8 nitrogen and oxygen atoms in total. The number of hydrogen-bond donors (Lipinski definition) is 1. The summed E-state index contributed by atoms with van der Waals surface area (Å²) >= 11 is 1.45. The Labute approximate surface area is 220 Å². The molecule has 1 N–H and O–H groups in total. The molecular weight excluding hydrogens is 490 g/mol. The van der Waals surface area contributed by atoms with Crippen LogP contribution < -0.4 is 10.1 Å². The summed E-state index contributed by atoms with van der Waals surface area (Å²) in [6, 6.07) is 16.9. The van der Waals surface area contributed by atoms with Crippen molar-refractivity contribution in [3.63, 3.8) is 0 Å². The van der Waals surface area contributed by atoms with Crippen molar-refractivity contribution in [2.45, 2.75) is 38.3 Å². The van der Waals surface area contributed by atoms with Crippen molar-refractivity contribution in [3.05, 3.63) is 82.5 Å². The molecule has 2 aromatic carbocycles. The van der Waals surface area contributed by atoms with E-state index >= 15 is 0 Å². The number of fused-ring (bicyclic) bond motifs is 1. The highest BCUT2D eigenvalue weighted by atomic mass is 32.2. The number of nitrogens with zero attached hydrogens (tertiary/aromatic N) is 2. The van der Waals surface area contributed by atoms with Gasteiger partial charge >= 0.3 is 5.97 Å². The number of amidine groups is 1. The van der Waals surface area contributed by atoms with Crippen molar-refractivity contribution in [2.24, 2.45) is 4.99 Å². The fourth-order valence-corrected chi connectivity index (χ4v) is 5.25. The topological polar surface area (TPSA) is 89.5 Å². The van der Waals surface area contributed by atoms with Gasteiger partial charge in [0.05, 0.1) is 30.3 Å². The number of amides is 1. The minimum Gasteiger partial charge on any atom is -0.460 e. The fraction of sp³-hybridized carbons (Fsp3) is 0.321. The second kappa shape index (κ2) is 11.2. The lowest BCUT2D eigenvalue weighted by atomic mass is 9.93. The zero-order valence-electron chi connectivity index (χ0n) is 20.8. The van der Waals surface area contributed by atoms with Crippen LogP contribution in [0.3, 0.4) is 0 Å². The molecule has 0 aromatic heterocycles. The van der Waals surface area contributed by atoms with Crippen LogP contribution in [0.2, 0.25) is 0 Å². The summed E-state index contributed by atoms with van der Waals surface area (Å²) in [6.07, 6.45) is 2.24. The van der Waals surface area contributed by atoms with E-state index in [1.807, 2.05) is 71.8 Å². The molecule has 1 fully saturated rings. The van der Waals surface area contributed by atoms with E-state index in [2.05, 4.69) is 5.32 Å². The summed E-state index contributed by atoms with van der Waals surface area (Å²) in [5.74, 6) is 0.855. The molecule has 1 atom stereocenters. The van der Waals surface area contributed by atoms with Gasteiger partial charge < -0.3 is 24.4 Å². The van der Waals surface area contributed by atoms with E-state index in [1.54, 1.807) is 7.11 Å². The van der Waals surface area contributed by atoms with Crippen molar-refractivity contribution >= 4 is 28.8 Å². The number of carbonyl (C=O) groups excluding carboxylic acids is 2. The molecule has 0 saturated heterocycles. The molecule has 192 valence electrons. The van der Waals surface area contributed by atoms with Gasteiger partial charge in [-0.15, -0.1) is 0 Å². The van der Waals surface area contributed by atoms with Crippen molar-refractivity contribution < 1.29 is 23.8 Å². The molecule has 2 heterocycles. The Bertz CT molecular complexity index is 1270. The molecule has 0 unspecified atom stereocenters. The average molecular weight is 520 g/mol. The summed E-state index contributed by atoms with van der Waals surface area (Å²) in [5, 5.41) is 5.71. The van der Waals surface area contributed by atoms with Gasteiger partial charge in [-0.2, -0.15) is 0 Å². The predicted molar refractivity (Wildman–Crippen MR) is 142 cm³/mol. The maximum Gasteiger partial charge on any atom is 0.338 e. The lowest BCUT2D eigenvalue weighted by molar-refractivity contribution is -0.141. The molecule has 3 aliphatic rings. The van der Waals surface area contributed by atoms with Gasteiger partial charge in [0, 0.05) is 18.8 Å². The summed E-state index contributed by atoms with van der Waals surface area (Å²) in [4.78, 5) is 32.7. The smallest absolute Gasteiger partial charge is 0.338 e. The zero-order chi connectivity index (χ0) is 25.8. The first-order valence-electron chi connectivity index (χ1n) is 12.3. The Morgan fingerprint density at radius 3 is 2.62 bits per heavy atom. The van der Waals surface area contributed by atoms with Gasteiger partial charge in [-0.3, -0.25) is 4.79 Å². The van der Waals surface area contributed by atoms with E-state index < -0.39 is 12.0 Å². The van der Waals surface area contributed by atoms with Crippen LogP contribution in [0, 0.1) is 0 Å². The third kappa shape index (κ3) is 5.89. The summed E-state index contributed by atoms with van der Waals surface area (Å²) in [5.41, 5.74) is 2.62. The van der Waals surface area contributed by atoms with Crippen LogP contribution >= 0.6 is 11.8 Å². The highest BCUT2D eigenvalue weighted by Crippen LogP contribution is 2.45. The first-order valence-corrected chi connectivity index (χ1v) is 13.1. The first-order chi connectivity index (χ1) is 18.0. The fourth-order valence-electron chi connectivity index (χ4n) is 4.29. The van der Waals surface area contributed by atoms with Crippen LogP contribution in [0.5, 0.6) is 11.5 Å². The number of esters is 1. The molecule has 0 bridgehead atoms. The van der Waals surface area contributed by atoms with Gasteiger partial charge in [0.15, 0.2) is 5.17 Å². The molecule has 5 rings (SSSR count). The third-order valence-corrected chi connectivity index (χ3v) is 7.07. The minimum atomic E-state index is -0.531. The van der Waals surface area contributed by atoms with Gasteiger partial charge in [-0.25, -0.2) is 9.79 Å². The second-order valence-corrected chi connectivity index (χ2v) is 9.86. The Balaban J connectivity index is 1.49. The van der Waals surface area contributed by atoms with Gasteiger partial charge in [0.1, 0.15) is 18.1 Å². The lowest BCUT2D eigenvalue weighted by Gasteiger charge is -2.36. The van der Waals surface area contributed by atoms with E-state index in [0.29, 0.717) is 29.4 Å². The molecule has 1 saturated carbocycles. The van der Waals surface area contributed by atoms with Gasteiger partial charge in [0.25, 0.3) is 0 Å². The molecule has 2 aliphatic heterocycles. The molecule has 2 aromatic rings. The van der Waals surface area contributed by atoms with E-state index in [9.17, 15) is 9.59 Å². The highest BCUT2D eigenvalue weighted by Gasteiger charge is 2.41. The molecular formula is C28H29N3O5S. The minimum absolute atomic E-state index is 0.0361. The van der Waals surface area contributed by atoms with Crippen molar-refractivity contribution in [1.82, 2.24) is 10.2 Å². The van der Waals surface area contributed by atoms with Crippen LogP contribution in [-0.2, 0) is 19.1 Å². The van der Waals surface area contributed by atoms with Crippen LogP contribution in [0.4, 0.5) is 0 Å². The van der Waals surface area contributed by atoms with Crippen LogP contribution in [-0.4, -0.2) is 48.3 Å². The quantitative estimate of drug-likeness (QED) is 0.352. The van der Waals surface area contributed by atoms with Crippen LogP contribution in [0.1, 0.15) is 37.8 Å². The number of thioether (sulfide) groups is 1. The molecule has 0 radical (unpaired) electrons. The van der Waals surface area contributed by atoms with Crippen LogP contribution in [0.15, 0.2) is 82.0 Å². The number of carbonyl (C=O) groups is 2. The number of hydrogen-bond acceptors (Lipinski definition) is 8. The molecule has 37 heavy (non-hydrogen) atoms. The average Bonchev–Trinajstić information content (AvgIpc) is 3.62. The van der Waals surface area contributed by atoms with Gasteiger partial charge in [-0.05, 0) is 55.0 Å². The summed E-state index contributed by atoms with van der Waals surface area (Å²) < 4.78 is 16.7. The summed E-state index contributed by atoms with van der Waals surface area (Å²) in [6.45, 7) is 2.24. The Hall–Kier alpha value is -3.56. The number of aliphatic imine (C=N–C) groups is 1. The SMILES string of the molecule is COCCOC(=O)C1=C(C)N=C2SC=C(CC(=O)NC3CC3)N2[C@@H]1c1cccc(Oc2ccccc2)c1. The van der Waals surface area contributed by atoms with E-state index in [0.717, 1.165) is 29.3 Å². The van der Waals surface area contributed by atoms with Crippen molar-refractivity contribution in [2.75, 3.05) is 20.3 Å². The zero-order valence-corrected chi connectivity index (χ0v) is 21.6. The number of methoxy groups -OCH3 is 1. The summed E-state index contributed by atoms with van der Waals surface area (Å²) in [7, 11) is 1.56. The number of ether oxygens (including phenoxy) is 3. The lowest BCUT2D eigenvalue weighted by Crippen LogP contribution is -2.38. The van der Waals surface area contributed by atoms with Crippen LogP contribution in [0.25, 0.3) is 0 Å². The van der Waals surface area contributed by atoms with E-state index in [4.69, 9.17) is 19.2 Å². The normalized spacial score (nSPS) is 18.6. The highest BCUT2D eigenvalue weighted by molar-refractivity contribution is 8.16. The Morgan fingerprint density at radius 1 is 1.08 bits per heavy atom. The monoisotopic (exact) mass is 519 g/mol. The van der Waals surface area contributed by atoms with Crippen molar-refractivity contribution in [1.29, 1.82) is 0 Å². The Morgan fingerprint density at radius 2 is 1.86 bits per heavy atom. The maximum absolute atomic E-state index is 13.3. The largest absolute Gasteiger partial charge is 0.460 e. The number of allylic oxidation sites excluding steroid dienone is 1. The number of para-hydroxylation sites is 1. The first kappa shape index (κ1) is 25.1. The Kier molecular flexibility index (Phi) is 7.62. The number of benzene rings is 2.